The van der Waals surface area contributed by atoms with Gasteiger partial charge in [-0.15, -0.1) is 0 Å². The molecule has 1 saturated carbocycles. The number of hydrogen-bond acceptors (Lipinski definition) is 5. The van der Waals surface area contributed by atoms with Crippen LogP contribution in [-0.2, 0) is 19.0 Å². The molecule has 0 aromatic heterocycles. The molecule has 3 rings (SSSR count). The SMILES string of the molecule is COC(=O)C1=COC(OC(=O)Nc2ccc(Br)cc2)C2C(C)CCC12. The van der Waals surface area contributed by atoms with E-state index in [0.717, 1.165) is 17.3 Å². The van der Waals surface area contributed by atoms with E-state index in [9.17, 15) is 9.59 Å². The molecule has 1 N–H and O–H groups in total. The number of carbonyl (C=O) groups excluding carboxylic acids is 2. The molecular formula is C18H20BrNO5. The fourth-order valence-corrected chi connectivity index (χ4v) is 3.84. The maximum absolute atomic E-state index is 12.2. The van der Waals surface area contributed by atoms with Crippen LogP contribution in [0.1, 0.15) is 19.8 Å². The van der Waals surface area contributed by atoms with Crippen LogP contribution < -0.4 is 5.32 Å². The van der Waals surface area contributed by atoms with E-state index in [1.54, 1.807) is 12.1 Å². The Hall–Kier alpha value is -2.02. The van der Waals surface area contributed by atoms with Gasteiger partial charge in [-0.2, -0.15) is 0 Å². The summed E-state index contributed by atoms with van der Waals surface area (Å²) < 4.78 is 16.8. The Morgan fingerprint density at radius 3 is 2.64 bits per heavy atom. The van der Waals surface area contributed by atoms with Crippen LogP contribution in [0.4, 0.5) is 10.5 Å². The molecule has 0 spiro atoms. The van der Waals surface area contributed by atoms with Gasteiger partial charge in [-0.3, -0.25) is 5.32 Å². The average molecular weight is 410 g/mol. The molecule has 1 fully saturated rings. The van der Waals surface area contributed by atoms with Gasteiger partial charge in [-0.05, 0) is 43.0 Å². The van der Waals surface area contributed by atoms with Crippen LogP contribution in [0.25, 0.3) is 0 Å². The van der Waals surface area contributed by atoms with E-state index in [1.807, 2.05) is 12.1 Å². The predicted octanol–water partition coefficient (Wildman–Crippen LogP) is 4.07. The number of rotatable bonds is 3. The van der Waals surface area contributed by atoms with Gasteiger partial charge in [-0.25, -0.2) is 9.59 Å². The van der Waals surface area contributed by atoms with Crippen LogP contribution in [0.3, 0.4) is 0 Å². The third-order valence-corrected chi connectivity index (χ3v) is 5.36. The zero-order valence-electron chi connectivity index (χ0n) is 14.0. The lowest BCUT2D eigenvalue weighted by atomic mass is 9.83. The Balaban J connectivity index is 1.69. The summed E-state index contributed by atoms with van der Waals surface area (Å²) >= 11 is 3.34. The topological polar surface area (TPSA) is 73.9 Å². The summed E-state index contributed by atoms with van der Waals surface area (Å²) in [5, 5.41) is 2.68. The van der Waals surface area contributed by atoms with Crippen LogP contribution in [0.2, 0.25) is 0 Å². The quantitative estimate of drug-likeness (QED) is 0.761. The number of methoxy groups -OCH3 is 1. The fraction of sp³-hybridized carbons (Fsp3) is 0.444. The standard InChI is InChI=1S/C18H20BrNO5/c1-10-3-8-13-14(16(21)23-2)9-24-17(15(10)13)25-18(22)20-12-6-4-11(19)5-7-12/h4-7,9-10,13,15,17H,3,8H2,1-2H3,(H,20,22). The van der Waals surface area contributed by atoms with E-state index in [2.05, 4.69) is 28.2 Å². The van der Waals surface area contributed by atoms with Gasteiger partial charge >= 0.3 is 12.1 Å². The highest BCUT2D eigenvalue weighted by molar-refractivity contribution is 9.10. The number of fused-ring (bicyclic) bond motifs is 1. The summed E-state index contributed by atoms with van der Waals surface area (Å²) in [6, 6.07) is 7.19. The van der Waals surface area contributed by atoms with Gasteiger partial charge in [-0.1, -0.05) is 22.9 Å². The Morgan fingerprint density at radius 1 is 1.24 bits per heavy atom. The van der Waals surface area contributed by atoms with Gasteiger partial charge in [0.15, 0.2) is 0 Å². The highest BCUT2D eigenvalue weighted by atomic mass is 79.9. The van der Waals surface area contributed by atoms with Gasteiger partial charge < -0.3 is 14.2 Å². The first kappa shape index (κ1) is 17.8. The molecule has 1 heterocycles. The van der Waals surface area contributed by atoms with E-state index in [4.69, 9.17) is 14.2 Å². The summed E-state index contributed by atoms with van der Waals surface area (Å²) in [6.45, 7) is 2.08. The van der Waals surface area contributed by atoms with Crippen molar-refractivity contribution >= 4 is 33.7 Å². The Labute approximate surface area is 154 Å². The number of anilines is 1. The van der Waals surface area contributed by atoms with Crippen LogP contribution in [0.15, 0.2) is 40.6 Å². The van der Waals surface area contributed by atoms with Gasteiger partial charge in [0.25, 0.3) is 0 Å². The fourth-order valence-electron chi connectivity index (χ4n) is 3.57. The first-order valence-corrected chi connectivity index (χ1v) is 8.96. The third-order valence-electron chi connectivity index (χ3n) is 4.83. The molecule has 1 aliphatic carbocycles. The number of benzene rings is 1. The number of halogens is 1. The lowest BCUT2D eigenvalue weighted by Crippen LogP contribution is -2.39. The van der Waals surface area contributed by atoms with Crippen molar-refractivity contribution in [1.29, 1.82) is 0 Å². The van der Waals surface area contributed by atoms with Crippen LogP contribution >= 0.6 is 15.9 Å². The summed E-state index contributed by atoms with van der Waals surface area (Å²) in [5.41, 5.74) is 1.15. The Morgan fingerprint density at radius 2 is 1.96 bits per heavy atom. The van der Waals surface area contributed by atoms with E-state index in [1.165, 1.54) is 13.4 Å². The molecular weight excluding hydrogens is 390 g/mol. The van der Waals surface area contributed by atoms with Gasteiger partial charge in [0.2, 0.25) is 6.29 Å². The maximum Gasteiger partial charge on any atom is 0.414 e. The second-order valence-electron chi connectivity index (χ2n) is 6.34. The number of ether oxygens (including phenoxy) is 3. The van der Waals surface area contributed by atoms with Crippen molar-refractivity contribution in [2.24, 2.45) is 17.8 Å². The Kier molecular flexibility index (Phi) is 5.32. The summed E-state index contributed by atoms with van der Waals surface area (Å²) in [5.74, 6) is -0.179. The van der Waals surface area contributed by atoms with Crippen molar-refractivity contribution in [2.45, 2.75) is 26.1 Å². The largest absolute Gasteiger partial charge is 0.466 e. The lowest BCUT2D eigenvalue weighted by Gasteiger charge is -2.34. The van der Waals surface area contributed by atoms with Gasteiger partial charge in [0, 0.05) is 22.0 Å². The number of hydrogen-bond donors (Lipinski definition) is 1. The maximum atomic E-state index is 12.2. The van der Waals surface area contributed by atoms with Crippen LogP contribution in [0, 0.1) is 17.8 Å². The van der Waals surface area contributed by atoms with E-state index < -0.39 is 12.4 Å². The normalized spacial score (nSPS) is 27.6. The summed E-state index contributed by atoms with van der Waals surface area (Å²) in [6.07, 6.45) is 1.88. The first-order valence-electron chi connectivity index (χ1n) is 8.16. The van der Waals surface area contributed by atoms with Crippen molar-refractivity contribution in [3.8, 4) is 0 Å². The van der Waals surface area contributed by atoms with E-state index in [0.29, 0.717) is 11.3 Å². The van der Waals surface area contributed by atoms with Gasteiger partial charge in [0.1, 0.15) is 0 Å². The van der Waals surface area contributed by atoms with Crippen LogP contribution in [-0.4, -0.2) is 25.5 Å². The minimum absolute atomic E-state index is 0.0123. The number of esters is 1. The minimum atomic E-state index is -0.716. The molecule has 0 radical (unpaired) electrons. The predicted molar refractivity (Wildman–Crippen MR) is 94.6 cm³/mol. The monoisotopic (exact) mass is 409 g/mol. The first-order chi connectivity index (χ1) is 12.0. The van der Waals surface area contributed by atoms with Crippen molar-refractivity contribution in [2.75, 3.05) is 12.4 Å². The minimum Gasteiger partial charge on any atom is -0.466 e. The van der Waals surface area contributed by atoms with Crippen molar-refractivity contribution in [1.82, 2.24) is 0 Å². The number of nitrogens with one attached hydrogen (secondary N) is 1. The molecule has 134 valence electrons. The molecule has 25 heavy (non-hydrogen) atoms. The molecule has 1 amide bonds. The molecule has 0 saturated heterocycles. The molecule has 0 bridgehead atoms. The second kappa shape index (κ2) is 7.47. The van der Waals surface area contributed by atoms with Crippen molar-refractivity contribution < 1.29 is 23.8 Å². The molecule has 4 unspecified atom stereocenters. The van der Waals surface area contributed by atoms with E-state index >= 15 is 0 Å². The second-order valence-corrected chi connectivity index (χ2v) is 7.26. The zero-order chi connectivity index (χ0) is 18.0. The third kappa shape index (κ3) is 3.81. The molecule has 4 atom stereocenters. The van der Waals surface area contributed by atoms with Crippen molar-refractivity contribution in [3.63, 3.8) is 0 Å². The van der Waals surface area contributed by atoms with Crippen LogP contribution in [0.5, 0.6) is 0 Å². The highest BCUT2D eigenvalue weighted by Crippen LogP contribution is 2.46. The molecule has 2 aliphatic rings. The summed E-state index contributed by atoms with van der Waals surface area (Å²) in [4.78, 5) is 24.1. The smallest absolute Gasteiger partial charge is 0.414 e. The highest BCUT2D eigenvalue weighted by Gasteiger charge is 2.48. The molecule has 1 aromatic carbocycles. The zero-order valence-corrected chi connectivity index (χ0v) is 15.6. The Bertz CT molecular complexity index is 687. The molecule has 7 heteroatoms. The molecule has 1 aromatic rings. The molecule has 6 nitrogen and oxygen atoms in total. The van der Waals surface area contributed by atoms with E-state index in [-0.39, 0.29) is 23.7 Å². The average Bonchev–Trinajstić information content (AvgIpc) is 2.99. The number of amides is 1. The summed E-state index contributed by atoms with van der Waals surface area (Å²) in [7, 11) is 1.35. The lowest BCUT2D eigenvalue weighted by molar-refractivity contribution is -0.144. The molecule has 1 aliphatic heterocycles. The van der Waals surface area contributed by atoms with Crippen molar-refractivity contribution in [3.05, 3.63) is 40.6 Å². The van der Waals surface area contributed by atoms with Gasteiger partial charge in [0.05, 0.1) is 18.9 Å². The number of carbonyl (C=O) groups is 2.